The fourth-order valence-corrected chi connectivity index (χ4v) is 3.47. The van der Waals surface area contributed by atoms with Gasteiger partial charge in [0.05, 0.1) is 6.04 Å². The van der Waals surface area contributed by atoms with Crippen LogP contribution in [0.25, 0.3) is 0 Å². The molecule has 1 aromatic rings. The summed E-state index contributed by atoms with van der Waals surface area (Å²) in [6, 6.07) is 6.45. The van der Waals surface area contributed by atoms with Crippen LogP contribution in [0.5, 0.6) is 0 Å². The molecule has 1 aliphatic rings. The van der Waals surface area contributed by atoms with Gasteiger partial charge in [-0.25, -0.2) is 0 Å². The van der Waals surface area contributed by atoms with Crippen LogP contribution in [0.15, 0.2) is 22.7 Å². The van der Waals surface area contributed by atoms with Gasteiger partial charge in [-0.1, -0.05) is 34.5 Å². The molecule has 2 atom stereocenters. The molecular formula is C14H20BrClN2. The summed E-state index contributed by atoms with van der Waals surface area (Å²) in [4.78, 5) is 2.49. The van der Waals surface area contributed by atoms with Crippen LogP contribution in [-0.2, 0) is 0 Å². The Kier molecular flexibility index (Phi) is 5.07. The normalized spacial score (nSPS) is 25.3. The highest BCUT2D eigenvalue weighted by Gasteiger charge is 2.31. The summed E-state index contributed by atoms with van der Waals surface area (Å²) in [5, 5.41) is 0.780. The van der Waals surface area contributed by atoms with Crippen LogP contribution < -0.4 is 5.73 Å². The number of halogens is 2. The van der Waals surface area contributed by atoms with Crippen molar-refractivity contribution in [3.05, 3.63) is 33.3 Å². The van der Waals surface area contributed by atoms with E-state index in [0.717, 1.165) is 35.4 Å². The van der Waals surface area contributed by atoms with Crippen LogP contribution in [0.4, 0.5) is 0 Å². The van der Waals surface area contributed by atoms with E-state index < -0.39 is 0 Å². The molecule has 0 aliphatic carbocycles. The third kappa shape index (κ3) is 3.08. The summed E-state index contributed by atoms with van der Waals surface area (Å²) in [6.07, 6.45) is 3.43. The number of hydrogen-bond donors (Lipinski definition) is 1. The smallest absolute Gasteiger partial charge is 0.0510 e. The number of likely N-dealkylation sites (tertiary alicyclic amines) is 1. The summed E-state index contributed by atoms with van der Waals surface area (Å²) in [7, 11) is 0. The van der Waals surface area contributed by atoms with E-state index in [9.17, 15) is 0 Å². The summed E-state index contributed by atoms with van der Waals surface area (Å²) in [5.74, 6) is 0. The monoisotopic (exact) mass is 330 g/mol. The molecule has 1 aromatic carbocycles. The first-order valence-electron chi connectivity index (χ1n) is 6.58. The van der Waals surface area contributed by atoms with Gasteiger partial charge in [-0.2, -0.15) is 0 Å². The Morgan fingerprint density at radius 2 is 2.28 bits per heavy atom. The minimum absolute atomic E-state index is 0.195. The van der Waals surface area contributed by atoms with Crippen LogP contribution in [-0.4, -0.2) is 24.0 Å². The SMILES string of the molecule is CCCN1CCCC(N)C1c1cc(Cl)ccc1Br. The Morgan fingerprint density at radius 1 is 1.50 bits per heavy atom. The molecule has 2 rings (SSSR count). The lowest BCUT2D eigenvalue weighted by molar-refractivity contribution is 0.128. The number of nitrogens with zero attached hydrogens (tertiary/aromatic N) is 1. The second-order valence-corrected chi connectivity index (χ2v) is 6.24. The first-order chi connectivity index (χ1) is 8.63. The van der Waals surface area contributed by atoms with Crippen LogP contribution in [0, 0.1) is 0 Å². The minimum atomic E-state index is 0.195. The zero-order valence-corrected chi connectivity index (χ0v) is 13.0. The van der Waals surface area contributed by atoms with Crippen molar-refractivity contribution in [2.24, 2.45) is 5.73 Å². The van der Waals surface area contributed by atoms with Gasteiger partial charge in [0.25, 0.3) is 0 Å². The third-order valence-electron chi connectivity index (χ3n) is 3.57. The highest BCUT2D eigenvalue weighted by Crippen LogP contribution is 2.35. The fraction of sp³-hybridized carbons (Fsp3) is 0.571. The van der Waals surface area contributed by atoms with E-state index in [1.807, 2.05) is 18.2 Å². The van der Waals surface area contributed by atoms with Crippen molar-refractivity contribution in [3.63, 3.8) is 0 Å². The minimum Gasteiger partial charge on any atom is -0.326 e. The molecule has 1 fully saturated rings. The summed E-state index contributed by atoms with van der Waals surface area (Å²) in [5.41, 5.74) is 7.57. The predicted octanol–water partition coefficient (Wildman–Crippen LogP) is 3.98. The largest absolute Gasteiger partial charge is 0.326 e. The Balaban J connectivity index is 2.33. The molecular weight excluding hydrogens is 312 g/mol. The molecule has 100 valence electrons. The van der Waals surface area contributed by atoms with Gasteiger partial charge in [0, 0.05) is 15.5 Å². The Morgan fingerprint density at radius 3 is 3.00 bits per heavy atom. The zero-order valence-electron chi connectivity index (χ0n) is 10.7. The molecule has 2 N–H and O–H groups in total. The molecule has 0 bridgehead atoms. The van der Waals surface area contributed by atoms with E-state index in [2.05, 4.69) is 27.8 Å². The van der Waals surface area contributed by atoms with Crippen molar-refractivity contribution in [2.75, 3.05) is 13.1 Å². The number of rotatable bonds is 3. The third-order valence-corrected chi connectivity index (χ3v) is 4.53. The quantitative estimate of drug-likeness (QED) is 0.908. The average molecular weight is 332 g/mol. The summed E-state index contributed by atoms with van der Waals surface area (Å²) >= 11 is 9.76. The Labute approximate surface area is 123 Å². The van der Waals surface area contributed by atoms with E-state index in [1.54, 1.807) is 0 Å². The van der Waals surface area contributed by atoms with Crippen LogP contribution >= 0.6 is 27.5 Å². The Bertz CT molecular complexity index is 409. The molecule has 4 heteroatoms. The van der Waals surface area contributed by atoms with Crippen molar-refractivity contribution < 1.29 is 0 Å². The molecule has 18 heavy (non-hydrogen) atoms. The molecule has 0 aromatic heterocycles. The van der Waals surface area contributed by atoms with Crippen molar-refractivity contribution >= 4 is 27.5 Å². The lowest BCUT2D eigenvalue weighted by atomic mass is 9.91. The first kappa shape index (κ1) is 14.3. The molecule has 0 saturated carbocycles. The van der Waals surface area contributed by atoms with Gasteiger partial charge in [0.1, 0.15) is 0 Å². The second-order valence-electron chi connectivity index (χ2n) is 4.95. The van der Waals surface area contributed by atoms with Crippen LogP contribution in [0.1, 0.15) is 37.8 Å². The average Bonchev–Trinajstić information content (AvgIpc) is 2.34. The standard InChI is InChI=1S/C14H20BrClN2/c1-2-7-18-8-3-4-13(17)14(18)11-9-10(16)5-6-12(11)15/h5-6,9,13-14H,2-4,7-8,17H2,1H3. The van der Waals surface area contributed by atoms with Gasteiger partial charge < -0.3 is 5.73 Å². The molecule has 2 unspecified atom stereocenters. The molecule has 0 amide bonds. The maximum Gasteiger partial charge on any atom is 0.0510 e. The topological polar surface area (TPSA) is 29.3 Å². The highest BCUT2D eigenvalue weighted by atomic mass is 79.9. The van der Waals surface area contributed by atoms with Crippen molar-refractivity contribution in [3.8, 4) is 0 Å². The van der Waals surface area contributed by atoms with Crippen LogP contribution in [0.2, 0.25) is 5.02 Å². The highest BCUT2D eigenvalue weighted by molar-refractivity contribution is 9.10. The van der Waals surface area contributed by atoms with E-state index in [0.29, 0.717) is 0 Å². The van der Waals surface area contributed by atoms with Gasteiger partial charge in [0.15, 0.2) is 0 Å². The summed E-state index contributed by atoms with van der Waals surface area (Å²) in [6.45, 7) is 4.44. The molecule has 1 aliphatic heterocycles. The lowest BCUT2D eigenvalue weighted by Gasteiger charge is -2.40. The molecule has 0 radical (unpaired) electrons. The van der Waals surface area contributed by atoms with E-state index in [-0.39, 0.29) is 12.1 Å². The molecule has 2 nitrogen and oxygen atoms in total. The van der Waals surface area contributed by atoms with Crippen molar-refractivity contribution in [1.29, 1.82) is 0 Å². The summed E-state index contributed by atoms with van der Waals surface area (Å²) < 4.78 is 1.11. The number of piperidine rings is 1. The van der Waals surface area contributed by atoms with Crippen LogP contribution in [0.3, 0.4) is 0 Å². The molecule has 1 saturated heterocycles. The van der Waals surface area contributed by atoms with Gasteiger partial charge in [-0.15, -0.1) is 0 Å². The van der Waals surface area contributed by atoms with Crippen molar-refractivity contribution in [1.82, 2.24) is 4.90 Å². The van der Waals surface area contributed by atoms with Gasteiger partial charge >= 0.3 is 0 Å². The molecule has 0 spiro atoms. The lowest BCUT2D eigenvalue weighted by Crippen LogP contribution is -2.46. The fourth-order valence-electron chi connectivity index (χ4n) is 2.80. The van der Waals surface area contributed by atoms with Gasteiger partial charge in [0.2, 0.25) is 0 Å². The van der Waals surface area contributed by atoms with Gasteiger partial charge in [-0.3, -0.25) is 4.90 Å². The first-order valence-corrected chi connectivity index (χ1v) is 7.75. The molecule has 1 heterocycles. The van der Waals surface area contributed by atoms with E-state index in [1.165, 1.54) is 12.0 Å². The maximum absolute atomic E-state index is 6.35. The van der Waals surface area contributed by atoms with E-state index >= 15 is 0 Å². The number of benzene rings is 1. The Hall–Kier alpha value is -0.0900. The number of nitrogens with two attached hydrogens (primary N) is 1. The predicted molar refractivity (Wildman–Crippen MR) is 81.0 cm³/mol. The van der Waals surface area contributed by atoms with Gasteiger partial charge in [-0.05, 0) is 56.1 Å². The second kappa shape index (κ2) is 6.38. The van der Waals surface area contributed by atoms with E-state index in [4.69, 9.17) is 17.3 Å². The number of hydrogen-bond acceptors (Lipinski definition) is 2. The zero-order chi connectivity index (χ0) is 13.1. The van der Waals surface area contributed by atoms with Crippen molar-refractivity contribution in [2.45, 2.75) is 38.3 Å². The maximum atomic E-state index is 6.35.